The molecule has 9 heteroatoms. The first-order valence-electron chi connectivity index (χ1n) is 8.62. The first-order chi connectivity index (χ1) is 12.6. The van der Waals surface area contributed by atoms with Crippen LogP contribution in [-0.2, 0) is 21.3 Å². The molecule has 140 valence electrons. The lowest BCUT2D eigenvalue weighted by molar-refractivity contribution is -0.00267. The summed E-state index contributed by atoms with van der Waals surface area (Å²) in [6, 6.07) is 4.95. The maximum atomic E-state index is 13.2. The van der Waals surface area contributed by atoms with Crippen LogP contribution in [0, 0.1) is 0 Å². The van der Waals surface area contributed by atoms with Crippen LogP contribution in [0.25, 0.3) is 0 Å². The quantitative estimate of drug-likeness (QED) is 0.799. The third-order valence-electron chi connectivity index (χ3n) is 4.53. The average Bonchev–Trinajstić information content (AvgIpc) is 3.17. The summed E-state index contributed by atoms with van der Waals surface area (Å²) in [6.07, 6.45) is 3.28. The van der Waals surface area contributed by atoms with Crippen molar-refractivity contribution >= 4 is 10.0 Å². The van der Waals surface area contributed by atoms with E-state index in [9.17, 15) is 8.42 Å². The van der Waals surface area contributed by atoms with Crippen molar-refractivity contribution in [1.29, 1.82) is 0 Å². The smallest absolute Gasteiger partial charge is 0.247 e. The van der Waals surface area contributed by atoms with Crippen LogP contribution in [0.5, 0.6) is 11.5 Å². The number of aryl methyl sites for hydroxylation is 1. The normalized spacial score (nSPS) is 20.9. The molecule has 4 rings (SSSR count). The molecule has 0 N–H and O–H groups in total. The van der Waals surface area contributed by atoms with Gasteiger partial charge in [-0.05, 0) is 19.1 Å². The van der Waals surface area contributed by atoms with Gasteiger partial charge in [-0.25, -0.2) is 8.42 Å². The molecule has 1 fully saturated rings. The maximum absolute atomic E-state index is 13.2. The van der Waals surface area contributed by atoms with Gasteiger partial charge in [-0.2, -0.15) is 9.40 Å². The molecule has 8 nitrogen and oxygen atoms in total. The molecule has 0 aliphatic carbocycles. The number of aromatic nitrogens is 2. The SMILES string of the molecule is CCn1cc([C@H]2CN(S(=O)(=O)c3cccc4c3OCCO4)CCO2)cn1. The number of ether oxygens (including phenoxy) is 3. The van der Waals surface area contributed by atoms with Crippen molar-refractivity contribution in [2.75, 3.05) is 32.9 Å². The summed E-state index contributed by atoms with van der Waals surface area (Å²) >= 11 is 0. The Morgan fingerprint density at radius 3 is 2.88 bits per heavy atom. The van der Waals surface area contributed by atoms with Crippen LogP contribution >= 0.6 is 0 Å². The Morgan fingerprint density at radius 2 is 2.08 bits per heavy atom. The maximum Gasteiger partial charge on any atom is 0.247 e. The van der Waals surface area contributed by atoms with Crippen LogP contribution < -0.4 is 9.47 Å². The molecule has 0 spiro atoms. The molecular formula is C17H21N3O5S. The number of rotatable bonds is 4. The molecule has 1 atom stereocenters. The van der Waals surface area contributed by atoms with E-state index in [1.165, 1.54) is 4.31 Å². The zero-order chi connectivity index (χ0) is 18.1. The Balaban J connectivity index is 1.62. The highest BCUT2D eigenvalue weighted by Gasteiger charge is 2.35. The number of hydrogen-bond acceptors (Lipinski definition) is 6. The molecular weight excluding hydrogens is 358 g/mol. The molecule has 2 aromatic rings. The molecule has 0 saturated carbocycles. The summed E-state index contributed by atoms with van der Waals surface area (Å²) in [5, 5.41) is 4.25. The fourth-order valence-electron chi connectivity index (χ4n) is 3.15. The summed E-state index contributed by atoms with van der Waals surface area (Å²) < 4.78 is 46.5. The number of sulfonamides is 1. The van der Waals surface area contributed by atoms with Gasteiger partial charge < -0.3 is 14.2 Å². The third kappa shape index (κ3) is 3.06. The molecule has 2 aliphatic rings. The second-order valence-corrected chi connectivity index (χ2v) is 8.04. The van der Waals surface area contributed by atoms with Gasteiger partial charge in [0.05, 0.1) is 18.9 Å². The van der Waals surface area contributed by atoms with Gasteiger partial charge in [-0.15, -0.1) is 0 Å². The molecule has 1 aromatic heterocycles. The topological polar surface area (TPSA) is 82.9 Å². The van der Waals surface area contributed by atoms with Crippen molar-refractivity contribution in [3.63, 3.8) is 0 Å². The average molecular weight is 379 g/mol. The predicted octanol–water partition coefficient (Wildman–Crippen LogP) is 1.44. The van der Waals surface area contributed by atoms with Crippen LogP contribution in [0.3, 0.4) is 0 Å². The minimum Gasteiger partial charge on any atom is -0.486 e. The number of nitrogens with zero attached hydrogens (tertiary/aromatic N) is 3. The molecule has 26 heavy (non-hydrogen) atoms. The van der Waals surface area contributed by atoms with Crippen molar-refractivity contribution in [1.82, 2.24) is 14.1 Å². The molecule has 1 aromatic carbocycles. The highest BCUT2D eigenvalue weighted by atomic mass is 32.2. The third-order valence-corrected chi connectivity index (χ3v) is 6.41. The zero-order valence-electron chi connectivity index (χ0n) is 14.5. The van der Waals surface area contributed by atoms with Crippen LogP contribution in [-0.4, -0.2) is 55.4 Å². The Hall–Kier alpha value is -2.10. The highest BCUT2D eigenvalue weighted by molar-refractivity contribution is 7.89. The Labute approximate surface area is 152 Å². The van der Waals surface area contributed by atoms with E-state index in [2.05, 4.69) is 5.10 Å². The molecule has 0 amide bonds. The lowest BCUT2D eigenvalue weighted by atomic mass is 10.2. The first-order valence-corrected chi connectivity index (χ1v) is 10.1. The number of benzene rings is 1. The summed E-state index contributed by atoms with van der Waals surface area (Å²) in [5.74, 6) is 0.756. The van der Waals surface area contributed by atoms with E-state index >= 15 is 0 Å². The van der Waals surface area contributed by atoms with Gasteiger partial charge in [-0.3, -0.25) is 4.68 Å². The number of morpholine rings is 1. The van der Waals surface area contributed by atoms with Crippen LogP contribution in [0.2, 0.25) is 0 Å². The highest BCUT2D eigenvalue weighted by Crippen LogP contribution is 2.38. The van der Waals surface area contributed by atoms with Gasteiger partial charge in [0.15, 0.2) is 11.5 Å². The monoisotopic (exact) mass is 379 g/mol. The lowest BCUT2D eigenvalue weighted by Gasteiger charge is -2.32. The van der Waals surface area contributed by atoms with Crippen LogP contribution in [0.4, 0.5) is 0 Å². The predicted molar refractivity (Wildman–Crippen MR) is 92.8 cm³/mol. The molecule has 3 heterocycles. The van der Waals surface area contributed by atoms with Gasteiger partial charge in [0.25, 0.3) is 0 Å². The van der Waals surface area contributed by atoms with E-state index < -0.39 is 10.0 Å². The molecule has 0 radical (unpaired) electrons. The lowest BCUT2D eigenvalue weighted by Crippen LogP contribution is -2.42. The van der Waals surface area contributed by atoms with E-state index in [0.29, 0.717) is 37.9 Å². The standard InChI is InChI=1S/C17H21N3O5S/c1-2-19-11-13(10-18-19)15-12-20(6-7-23-15)26(21,22)16-5-3-4-14-17(16)25-9-8-24-14/h3-5,10-11,15H,2,6-9,12H2,1H3/t15-/m1/s1. The van der Waals surface area contributed by atoms with E-state index in [-0.39, 0.29) is 17.5 Å². The number of para-hydroxylation sites is 1. The molecule has 2 aliphatic heterocycles. The van der Waals surface area contributed by atoms with Crippen LogP contribution in [0.15, 0.2) is 35.5 Å². The van der Waals surface area contributed by atoms with Crippen molar-refractivity contribution in [3.8, 4) is 11.5 Å². The van der Waals surface area contributed by atoms with Gasteiger partial charge in [0, 0.05) is 31.4 Å². The fraction of sp³-hybridized carbons (Fsp3) is 0.471. The zero-order valence-corrected chi connectivity index (χ0v) is 15.3. The summed E-state index contributed by atoms with van der Waals surface area (Å²) in [6.45, 7) is 4.36. The first kappa shape index (κ1) is 17.3. The summed E-state index contributed by atoms with van der Waals surface area (Å²) in [7, 11) is -3.72. The van der Waals surface area contributed by atoms with Crippen molar-refractivity contribution < 1.29 is 22.6 Å². The van der Waals surface area contributed by atoms with E-state index in [1.807, 2.05) is 13.1 Å². The molecule has 0 bridgehead atoms. The van der Waals surface area contributed by atoms with Crippen molar-refractivity contribution in [2.24, 2.45) is 0 Å². The summed E-state index contributed by atoms with van der Waals surface area (Å²) in [4.78, 5) is 0.139. The van der Waals surface area contributed by atoms with Crippen LogP contribution in [0.1, 0.15) is 18.6 Å². The Bertz CT molecular complexity index is 896. The minimum absolute atomic E-state index is 0.139. The van der Waals surface area contributed by atoms with E-state index in [4.69, 9.17) is 14.2 Å². The number of fused-ring (bicyclic) bond motifs is 1. The van der Waals surface area contributed by atoms with Crippen molar-refractivity contribution in [3.05, 3.63) is 36.2 Å². The fourth-order valence-corrected chi connectivity index (χ4v) is 4.72. The number of hydrogen-bond donors (Lipinski definition) is 0. The molecule has 0 unspecified atom stereocenters. The summed E-state index contributed by atoms with van der Waals surface area (Å²) in [5.41, 5.74) is 0.876. The molecule has 1 saturated heterocycles. The largest absolute Gasteiger partial charge is 0.486 e. The van der Waals surface area contributed by atoms with Gasteiger partial charge >= 0.3 is 0 Å². The van der Waals surface area contributed by atoms with Gasteiger partial charge in [-0.1, -0.05) is 6.07 Å². The van der Waals surface area contributed by atoms with E-state index in [1.54, 1.807) is 29.1 Å². The van der Waals surface area contributed by atoms with Gasteiger partial charge in [0.1, 0.15) is 18.1 Å². The van der Waals surface area contributed by atoms with Crippen molar-refractivity contribution in [2.45, 2.75) is 24.5 Å². The Kier molecular flexibility index (Phi) is 4.60. The van der Waals surface area contributed by atoms with E-state index in [0.717, 1.165) is 12.1 Å². The van der Waals surface area contributed by atoms with Gasteiger partial charge in [0.2, 0.25) is 10.0 Å². The second-order valence-electron chi connectivity index (χ2n) is 6.13. The second kappa shape index (κ2) is 6.90. The minimum atomic E-state index is -3.72. The Morgan fingerprint density at radius 1 is 1.23 bits per heavy atom.